The Morgan fingerprint density at radius 2 is 2.39 bits per heavy atom. The summed E-state index contributed by atoms with van der Waals surface area (Å²) in [6.45, 7) is 0. The number of hydrogen-bond acceptors (Lipinski definition) is 6. The molecule has 0 radical (unpaired) electrons. The van der Waals surface area contributed by atoms with Crippen LogP contribution in [0.4, 0.5) is 5.69 Å². The van der Waals surface area contributed by atoms with Crippen molar-refractivity contribution in [2.24, 2.45) is 10.9 Å². The summed E-state index contributed by atoms with van der Waals surface area (Å²) in [4.78, 5) is 17.8. The van der Waals surface area contributed by atoms with E-state index in [1.807, 2.05) is 0 Å². The van der Waals surface area contributed by atoms with Crippen molar-refractivity contribution in [3.8, 4) is 5.82 Å². The number of rotatable bonds is 3. The van der Waals surface area contributed by atoms with Gasteiger partial charge in [-0.25, -0.2) is 9.97 Å². The third kappa shape index (κ3) is 1.96. The van der Waals surface area contributed by atoms with Crippen molar-refractivity contribution in [2.45, 2.75) is 0 Å². The Balaban J connectivity index is 2.63. The first-order valence-electron chi connectivity index (χ1n) is 4.74. The zero-order valence-corrected chi connectivity index (χ0v) is 8.96. The number of nitrogens with two attached hydrogens (primary N) is 1. The second-order valence-electron chi connectivity index (χ2n) is 3.28. The molecule has 0 atom stereocenters. The van der Waals surface area contributed by atoms with Gasteiger partial charge in [-0.05, 0) is 0 Å². The van der Waals surface area contributed by atoms with Gasteiger partial charge in [0, 0.05) is 18.5 Å². The summed E-state index contributed by atoms with van der Waals surface area (Å²) < 4.78 is 1.50. The SMILES string of the molecule is NC(=NO)c1cc([N+](=O)[O-])cnc1-n1ccnc1. The van der Waals surface area contributed by atoms with Gasteiger partial charge in [-0.15, -0.1) is 0 Å². The zero-order chi connectivity index (χ0) is 13.1. The van der Waals surface area contributed by atoms with Crippen molar-refractivity contribution in [3.05, 3.63) is 46.7 Å². The normalized spacial score (nSPS) is 11.4. The van der Waals surface area contributed by atoms with E-state index in [9.17, 15) is 10.1 Å². The largest absolute Gasteiger partial charge is 0.409 e. The average molecular weight is 248 g/mol. The minimum atomic E-state index is -0.612. The molecule has 0 saturated heterocycles. The quantitative estimate of drug-likeness (QED) is 0.263. The second kappa shape index (κ2) is 4.49. The van der Waals surface area contributed by atoms with E-state index in [-0.39, 0.29) is 22.9 Å². The summed E-state index contributed by atoms with van der Waals surface area (Å²) in [5, 5.41) is 22.2. The van der Waals surface area contributed by atoms with E-state index >= 15 is 0 Å². The summed E-state index contributed by atoms with van der Waals surface area (Å²) >= 11 is 0. The highest BCUT2D eigenvalue weighted by molar-refractivity contribution is 6.00. The van der Waals surface area contributed by atoms with Gasteiger partial charge < -0.3 is 10.9 Å². The summed E-state index contributed by atoms with van der Waals surface area (Å²) in [5.41, 5.74) is 5.37. The van der Waals surface area contributed by atoms with Crippen LogP contribution in [0.1, 0.15) is 5.56 Å². The van der Waals surface area contributed by atoms with Crippen LogP contribution in [0, 0.1) is 10.1 Å². The molecular weight excluding hydrogens is 240 g/mol. The third-order valence-corrected chi connectivity index (χ3v) is 2.20. The Kier molecular flexibility index (Phi) is 2.87. The molecule has 3 N–H and O–H groups in total. The lowest BCUT2D eigenvalue weighted by Crippen LogP contribution is -2.17. The van der Waals surface area contributed by atoms with Gasteiger partial charge in [0.2, 0.25) is 0 Å². The summed E-state index contributed by atoms with van der Waals surface area (Å²) in [6, 6.07) is 1.18. The molecule has 2 aromatic rings. The number of imidazole rings is 1. The van der Waals surface area contributed by atoms with Crippen molar-refractivity contribution in [2.75, 3.05) is 0 Å². The van der Waals surface area contributed by atoms with Crippen molar-refractivity contribution in [1.82, 2.24) is 14.5 Å². The van der Waals surface area contributed by atoms with Gasteiger partial charge in [0.25, 0.3) is 5.69 Å². The van der Waals surface area contributed by atoms with Crippen molar-refractivity contribution in [3.63, 3.8) is 0 Å². The van der Waals surface area contributed by atoms with Crippen LogP contribution in [0.2, 0.25) is 0 Å². The van der Waals surface area contributed by atoms with E-state index < -0.39 is 4.92 Å². The number of aromatic nitrogens is 3. The summed E-state index contributed by atoms with van der Waals surface area (Å²) in [5.74, 6) is 0.0169. The Morgan fingerprint density at radius 3 is 2.94 bits per heavy atom. The molecular formula is C9H8N6O3. The lowest BCUT2D eigenvalue weighted by atomic mass is 10.2. The van der Waals surface area contributed by atoms with Gasteiger partial charge in [-0.2, -0.15) is 0 Å². The van der Waals surface area contributed by atoms with Crippen LogP contribution in [0.15, 0.2) is 36.1 Å². The lowest BCUT2D eigenvalue weighted by molar-refractivity contribution is -0.385. The predicted octanol–water partition coefficient (Wildman–Crippen LogP) is 0.270. The van der Waals surface area contributed by atoms with E-state index in [0.717, 1.165) is 6.20 Å². The molecule has 0 unspecified atom stereocenters. The van der Waals surface area contributed by atoms with Crippen molar-refractivity contribution < 1.29 is 10.1 Å². The monoisotopic (exact) mass is 248 g/mol. The fourth-order valence-electron chi connectivity index (χ4n) is 1.38. The Hall–Kier alpha value is -2.97. The van der Waals surface area contributed by atoms with Crippen LogP contribution in [-0.2, 0) is 0 Å². The molecule has 0 aliphatic rings. The van der Waals surface area contributed by atoms with Crippen LogP contribution in [0.3, 0.4) is 0 Å². The standard InChI is InChI=1S/C9H8N6O3/c10-8(13-16)7-3-6(15(17)18)4-12-9(7)14-2-1-11-5-14/h1-5,16H,(H2,10,13). The molecule has 0 saturated carbocycles. The van der Waals surface area contributed by atoms with Crippen LogP contribution in [0.25, 0.3) is 5.82 Å². The van der Waals surface area contributed by atoms with Crippen LogP contribution >= 0.6 is 0 Å². The third-order valence-electron chi connectivity index (χ3n) is 2.20. The molecule has 0 amide bonds. The highest BCUT2D eigenvalue weighted by Crippen LogP contribution is 2.18. The molecule has 0 fully saturated rings. The number of amidine groups is 1. The van der Waals surface area contributed by atoms with Crippen LogP contribution in [-0.4, -0.2) is 30.5 Å². The summed E-state index contributed by atoms with van der Waals surface area (Å²) in [6.07, 6.45) is 5.63. The van der Waals surface area contributed by atoms with Crippen molar-refractivity contribution in [1.29, 1.82) is 0 Å². The van der Waals surface area contributed by atoms with Gasteiger partial charge >= 0.3 is 0 Å². The summed E-state index contributed by atoms with van der Waals surface area (Å²) in [7, 11) is 0. The fraction of sp³-hybridized carbons (Fsp3) is 0. The zero-order valence-electron chi connectivity index (χ0n) is 8.96. The fourth-order valence-corrected chi connectivity index (χ4v) is 1.38. The molecule has 0 spiro atoms. The Morgan fingerprint density at radius 1 is 1.61 bits per heavy atom. The smallest absolute Gasteiger partial charge is 0.288 e. The molecule has 0 bridgehead atoms. The number of nitro groups is 1. The van der Waals surface area contributed by atoms with Crippen LogP contribution in [0.5, 0.6) is 0 Å². The predicted molar refractivity (Wildman–Crippen MR) is 60.5 cm³/mol. The highest BCUT2D eigenvalue weighted by Gasteiger charge is 2.16. The maximum absolute atomic E-state index is 10.7. The molecule has 2 aromatic heterocycles. The van der Waals surface area contributed by atoms with E-state index in [0.29, 0.717) is 0 Å². The van der Waals surface area contributed by atoms with Crippen molar-refractivity contribution >= 4 is 11.5 Å². The van der Waals surface area contributed by atoms with Gasteiger partial charge in [-0.3, -0.25) is 14.7 Å². The molecule has 2 rings (SSSR count). The Labute approximate surface area is 100 Å². The van der Waals surface area contributed by atoms with E-state index in [1.165, 1.54) is 23.2 Å². The number of pyridine rings is 1. The maximum Gasteiger partial charge on any atom is 0.288 e. The first kappa shape index (κ1) is 11.5. The Bertz CT molecular complexity index is 607. The number of oxime groups is 1. The van der Waals surface area contributed by atoms with E-state index in [2.05, 4.69) is 15.1 Å². The van der Waals surface area contributed by atoms with Gasteiger partial charge in [0.15, 0.2) is 5.84 Å². The molecule has 92 valence electrons. The molecule has 0 aliphatic heterocycles. The van der Waals surface area contributed by atoms with E-state index in [4.69, 9.17) is 10.9 Å². The minimum Gasteiger partial charge on any atom is -0.409 e. The molecule has 0 aliphatic carbocycles. The second-order valence-corrected chi connectivity index (χ2v) is 3.28. The first-order chi connectivity index (χ1) is 8.63. The van der Waals surface area contributed by atoms with Gasteiger partial charge in [-0.1, -0.05) is 5.16 Å². The van der Waals surface area contributed by atoms with Crippen LogP contribution < -0.4 is 5.73 Å². The lowest BCUT2D eigenvalue weighted by Gasteiger charge is -2.07. The minimum absolute atomic E-state index is 0.143. The van der Waals surface area contributed by atoms with E-state index in [1.54, 1.807) is 6.20 Å². The molecule has 2 heterocycles. The molecule has 18 heavy (non-hydrogen) atoms. The first-order valence-corrected chi connectivity index (χ1v) is 4.74. The number of nitrogens with zero attached hydrogens (tertiary/aromatic N) is 5. The average Bonchev–Trinajstić information content (AvgIpc) is 2.90. The van der Waals surface area contributed by atoms with Gasteiger partial charge in [0.05, 0.1) is 10.5 Å². The molecule has 9 heteroatoms. The number of hydrogen-bond donors (Lipinski definition) is 2. The van der Waals surface area contributed by atoms with Gasteiger partial charge in [0.1, 0.15) is 18.3 Å². The molecule has 0 aromatic carbocycles. The topological polar surface area (TPSA) is 132 Å². The highest BCUT2D eigenvalue weighted by atomic mass is 16.6. The molecule has 9 nitrogen and oxygen atoms in total. The maximum atomic E-state index is 10.7.